The number of carbonyl (C=O) groups is 1. The van der Waals surface area contributed by atoms with Crippen molar-refractivity contribution in [2.75, 3.05) is 36.4 Å². The van der Waals surface area contributed by atoms with Crippen LogP contribution in [0.2, 0.25) is 0 Å². The molecule has 156 valence electrons. The van der Waals surface area contributed by atoms with Gasteiger partial charge in [0, 0.05) is 37.3 Å². The van der Waals surface area contributed by atoms with E-state index in [1.165, 1.54) is 15.6 Å². The highest BCUT2D eigenvalue weighted by atomic mass is 32.2. The molecule has 1 N–H and O–H groups in total. The predicted octanol–water partition coefficient (Wildman–Crippen LogP) is 3.09. The van der Waals surface area contributed by atoms with Crippen molar-refractivity contribution in [2.24, 2.45) is 5.92 Å². The molecule has 2 fully saturated rings. The lowest BCUT2D eigenvalue weighted by Crippen LogP contribution is -2.43. The van der Waals surface area contributed by atoms with Crippen LogP contribution in [0.3, 0.4) is 0 Å². The molecule has 1 amide bonds. The lowest BCUT2D eigenvalue weighted by Gasteiger charge is -2.31. The van der Waals surface area contributed by atoms with Crippen LogP contribution in [0.15, 0.2) is 34.7 Å². The number of hydrogen-bond acceptors (Lipinski definition) is 6. The van der Waals surface area contributed by atoms with Gasteiger partial charge in [-0.15, -0.1) is 11.3 Å². The quantitative estimate of drug-likeness (QED) is 0.782. The molecule has 4 heterocycles. The smallest absolute Gasteiger partial charge is 0.252 e. The summed E-state index contributed by atoms with van der Waals surface area (Å²) in [4.78, 5) is 20.6. The number of sulfonamides is 1. The van der Waals surface area contributed by atoms with E-state index in [0.29, 0.717) is 29.3 Å². The Labute approximate surface area is 175 Å². The normalized spacial score (nSPS) is 20.7. The van der Waals surface area contributed by atoms with Crippen LogP contribution in [0, 0.1) is 12.8 Å². The number of pyridine rings is 1. The fourth-order valence-electron chi connectivity index (χ4n) is 3.96. The fourth-order valence-corrected chi connectivity index (χ4v) is 6.92. The van der Waals surface area contributed by atoms with Crippen molar-refractivity contribution in [1.82, 2.24) is 9.29 Å². The van der Waals surface area contributed by atoms with Gasteiger partial charge < -0.3 is 10.2 Å². The molecule has 2 aromatic heterocycles. The number of amides is 1. The molecule has 0 spiro atoms. The van der Waals surface area contributed by atoms with E-state index in [1.54, 1.807) is 12.3 Å². The standard InChI is InChI=1S/C20H26N4O3S2/c1-15-8-9-18(28-15)29(26,27)24-13-5-6-16(14-24)20(25)22-17-7-4-10-21-19(17)23-11-2-3-12-23/h4,7-10,16H,2-3,5-6,11-14H2,1H3,(H,22,25)/t16-/m0/s1. The molecule has 0 radical (unpaired) electrons. The molecule has 1 atom stereocenters. The van der Waals surface area contributed by atoms with Gasteiger partial charge in [0.15, 0.2) is 5.82 Å². The van der Waals surface area contributed by atoms with E-state index in [4.69, 9.17) is 0 Å². The number of thiophene rings is 1. The summed E-state index contributed by atoms with van der Waals surface area (Å²) >= 11 is 1.27. The summed E-state index contributed by atoms with van der Waals surface area (Å²) in [7, 11) is -3.55. The number of piperidine rings is 1. The molecule has 0 aliphatic carbocycles. The van der Waals surface area contributed by atoms with Crippen LogP contribution in [0.25, 0.3) is 0 Å². The van der Waals surface area contributed by atoms with Crippen LogP contribution >= 0.6 is 11.3 Å². The average Bonchev–Trinajstić information content (AvgIpc) is 3.41. The highest BCUT2D eigenvalue weighted by Crippen LogP contribution is 2.30. The van der Waals surface area contributed by atoms with Gasteiger partial charge in [-0.25, -0.2) is 13.4 Å². The Bertz CT molecular complexity index is 983. The summed E-state index contributed by atoms with van der Waals surface area (Å²) in [5.74, 6) is 0.291. The maximum Gasteiger partial charge on any atom is 0.252 e. The topological polar surface area (TPSA) is 82.6 Å². The molecule has 0 unspecified atom stereocenters. The van der Waals surface area contributed by atoms with Gasteiger partial charge in [0.05, 0.1) is 11.6 Å². The maximum atomic E-state index is 13.0. The van der Waals surface area contributed by atoms with Crippen molar-refractivity contribution in [3.63, 3.8) is 0 Å². The van der Waals surface area contributed by atoms with Gasteiger partial charge in [0.2, 0.25) is 5.91 Å². The van der Waals surface area contributed by atoms with Gasteiger partial charge in [0.1, 0.15) is 4.21 Å². The molecule has 0 aromatic carbocycles. The molecule has 2 saturated heterocycles. The largest absolute Gasteiger partial charge is 0.355 e. The monoisotopic (exact) mass is 434 g/mol. The Balaban J connectivity index is 1.47. The van der Waals surface area contributed by atoms with Crippen LogP contribution in [-0.2, 0) is 14.8 Å². The molecule has 7 nitrogen and oxygen atoms in total. The van der Waals surface area contributed by atoms with Gasteiger partial charge >= 0.3 is 0 Å². The minimum absolute atomic E-state index is 0.138. The van der Waals surface area contributed by atoms with Crippen LogP contribution in [0.5, 0.6) is 0 Å². The Morgan fingerprint density at radius 2 is 1.97 bits per heavy atom. The minimum Gasteiger partial charge on any atom is -0.355 e. The molecule has 9 heteroatoms. The second-order valence-corrected chi connectivity index (χ2v) is 11.1. The van der Waals surface area contributed by atoms with E-state index >= 15 is 0 Å². The van der Waals surface area contributed by atoms with Crippen LogP contribution < -0.4 is 10.2 Å². The van der Waals surface area contributed by atoms with Crippen LogP contribution in [-0.4, -0.2) is 49.8 Å². The molecule has 2 aliphatic heterocycles. The van der Waals surface area contributed by atoms with Gasteiger partial charge in [-0.1, -0.05) is 0 Å². The highest BCUT2D eigenvalue weighted by Gasteiger charge is 2.34. The number of anilines is 2. The van der Waals surface area contributed by atoms with Gasteiger partial charge in [0.25, 0.3) is 10.0 Å². The van der Waals surface area contributed by atoms with Gasteiger partial charge in [-0.05, 0) is 56.9 Å². The Hall–Kier alpha value is -1.97. The van der Waals surface area contributed by atoms with Crippen molar-refractivity contribution < 1.29 is 13.2 Å². The molecule has 2 aromatic rings. The van der Waals surface area contributed by atoms with E-state index in [-0.39, 0.29) is 18.4 Å². The van der Waals surface area contributed by atoms with E-state index in [9.17, 15) is 13.2 Å². The molecule has 0 saturated carbocycles. The van der Waals surface area contributed by atoms with Crippen molar-refractivity contribution in [2.45, 2.75) is 36.8 Å². The fraction of sp³-hybridized carbons (Fsp3) is 0.500. The number of aryl methyl sites for hydroxylation is 1. The number of hydrogen-bond donors (Lipinski definition) is 1. The first-order valence-electron chi connectivity index (χ1n) is 10.0. The Morgan fingerprint density at radius 1 is 1.17 bits per heavy atom. The lowest BCUT2D eigenvalue weighted by molar-refractivity contribution is -0.120. The van der Waals surface area contributed by atoms with Crippen molar-refractivity contribution in [3.05, 3.63) is 35.3 Å². The number of rotatable bonds is 5. The summed E-state index contributed by atoms with van der Waals surface area (Å²) in [5.41, 5.74) is 0.702. The predicted molar refractivity (Wildman–Crippen MR) is 115 cm³/mol. The molecule has 0 bridgehead atoms. The van der Waals surface area contributed by atoms with E-state index in [1.807, 2.05) is 25.1 Å². The third-order valence-electron chi connectivity index (χ3n) is 5.51. The summed E-state index contributed by atoms with van der Waals surface area (Å²) in [6, 6.07) is 7.14. The van der Waals surface area contributed by atoms with E-state index < -0.39 is 10.0 Å². The third-order valence-corrected chi connectivity index (χ3v) is 8.85. The summed E-state index contributed by atoms with van der Waals surface area (Å²) in [5, 5.41) is 3.01. The number of nitrogens with one attached hydrogen (secondary N) is 1. The Morgan fingerprint density at radius 3 is 2.69 bits per heavy atom. The number of nitrogens with zero attached hydrogens (tertiary/aromatic N) is 3. The summed E-state index contributed by atoms with van der Waals surface area (Å²) in [6.45, 7) is 4.44. The van der Waals surface area contributed by atoms with Gasteiger partial charge in [-0.3, -0.25) is 4.79 Å². The molecular weight excluding hydrogens is 408 g/mol. The third kappa shape index (κ3) is 4.31. The van der Waals surface area contributed by atoms with Crippen molar-refractivity contribution in [1.29, 1.82) is 0 Å². The maximum absolute atomic E-state index is 13.0. The van der Waals surface area contributed by atoms with Crippen LogP contribution in [0.4, 0.5) is 11.5 Å². The average molecular weight is 435 g/mol. The zero-order chi connectivity index (χ0) is 20.4. The van der Waals surface area contributed by atoms with Gasteiger partial charge in [-0.2, -0.15) is 4.31 Å². The lowest BCUT2D eigenvalue weighted by atomic mass is 9.99. The summed E-state index contributed by atoms with van der Waals surface area (Å²) < 4.78 is 27.7. The van der Waals surface area contributed by atoms with Crippen molar-refractivity contribution in [3.8, 4) is 0 Å². The number of aromatic nitrogens is 1. The summed E-state index contributed by atoms with van der Waals surface area (Å²) in [6.07, 6.45) is 5.35. The zero-order valence-corrected chi connectivity index (χ0v) is 18.1. The molecular formula is C20H26N4O3S2. The van der Waals surface area contributed by atoms with E-state index in [2.05, 4.69) is 15.2 Å². The molecule has 29 heavy (non-hydrogen) atoms. The highest BCUT2D eigenvalue weighted by molar-refractivity contribution is 7.91. The SMILES string of the molecule is Cc1ccc(S(=O)(=O)N2CCC[C@H](C(=O)Nc3cccnc3N3CCCC3)C2)s1. The molecule has 4 rings (SSSR count). The number of carbonyl (C=O) groups excluding carboxylic acids is 1. The van der Waals surface area contributed by atoms with E-state index in [0.717, 1.165) is 36.6 Å². The first-order valence-corrected chi connectivity index (χ1v) is 12.3. The second kappa shape index (κ2) is 8.41. The minimum atomic E-state index is -3.55. The second-order valence-electron chi connectivity index (χ2n) is 7.63. The first kappa shape index (κ1) is 20.3. The first-order chi connectivity index (χ1) is 13.9. The van der Waals surface area contributed by atoms with Crippen molar-refractivity contribution >= 4 is 38.8 Å². The molecule has 2 aliphatic rings. The Kier molecular flexibility index (Phi) is 5.89. The zero-order valence-electron chi connectivity index (χ0n) is 16.5. The van der Waals surface area contributed by atoms with Crippen LogP contribution in [0.1, 0.15) is 30.6 Å².